The van der Waals surface area contributed by atoms with Crippen molar-refractivity contribution in [1.82, 2.24) is 0 Å². The Morgan fingerprint density at radius 3 is 3.12 bits per heavy atom. The van der Waals surface area contributed by atoms with E-state index in [0.29, 0.717) is 0 Å². The summed E-state index contributed by atoms with van der Waals surface area (Å²) in [6.07, 6.45) is 9.11. The first-order valence-electron chi connectivity index (χ1n) is 2.34. The van der Waals surface area contributed by atoms with Crippen LogP contribution in [-0.4, -0.2) is 0 Å². The summed E-state index contributed by atoms with van der Waals surface area (Å²) in [4.78, 5) is 0. The zero-order chi connectivity index (χ0) is 5.82. The highest BCUT2D eigenvalue weighted by Crippen LogP contribution is 2.03. The van der Waals surface area contributed by atoms with E-state index >= 15 is 0 Å². The Balaban J connectivity index is 2.94. The van der Waals surface area contributed by atoms with Crippen LogP contribution in [0.1, 0.15) is 0 Å². The second kappa shape index (κ2) is 2.56. The molecule has 1 rings (SSSR count). The van der Waals surface area contributed by atoms with Crippen molar-refractivity contribution in [3.05, 3.63) is 41.1 Å². The zero-order valence-electron chi connectivity index (χ0n) is 4.26. The summed E-state index contributed by atoms with van der Waals surface area (Å²) in [5.41, 5.74) is 2.86. The molecule has 0 heterocycles. The van der Waals surface area contributed by atoms with Crippen LogP contribution in [0.25, 0.3) is 0 Å². The fraction of sp³-hybridized carbons (Fsp3) is 0. The molecule has 0 unspecified atom stereocenters. The van der Waals surface area contributed by atoms with Gasteiger partial charge in [-0.3, -0.25) is 0 Å². The van der Waals surface area contributed by atoms with E-state index in [0.717, 1.165) is 5.03 Å². The van der Waals surface area contributed by atoms with E-state index in [1.54, 1.807) is 6.08 Å². The maximum Gasteiger partial charge on any atom is 0.0483 e. The van der Waals surface area contributed by atoms with E-state index in [-0.39, 0.29) is 0 Å². The van der Waals surface area contributed by atoms with Crippen molar-refractivity contribution in [3.63, 3.8) is 0 Å². The van der Waals surface area contributed by atoms with Crippen LogP contribution in [0.3, 0.4) is 0 Å². The first-order valence-corrected chi connectivity index (χ1v) is 2.72. The molecule has 0 aliphatic heterocycles. The van der Waals surface area contributed by atoms with Crippen molar-refractivity contribution in [2.45, 2.75) is 0 Å². The SMILES string of the molecule is ClC1=CC=CC=C=C1. The Kier molecular flexibility index (Phi) is 1.74. The summed E-state index contributed by atoms with van der Waals surface area (Å²) in [6, 6.07) is 0. The number of hydrogen-bond donors (Lipinski definition) is 0. The Morgan fingerprint density at radius 2 is 2.25 bits per heavy atom. The van der Waals surface area contributed by atoms with Crippen LogP contribution in [0.4, 0.5) is 0 Å². The fourth-order valence-corrected chi connectivity index (χ4v) is 0.570. The molecule has 0 radical (unpaired) electrons. The minimum Gasteiger partial charge on any atom is -0.119 e. The molecule has 0 aromatic carbocycles. The van der Waals surface area contributed by atoms with Gasteiger partial charge in [-0.15, -0.1) is 5.73 Å². The van der Waals surface area contributed by atoms with Gasteiger partial charge in [0.15, 0.2) is 0 Å². The number of rotatable bonds is 0. The van der Waals surface area contributed by atoms with E-state index in [2.05, 4.69) is 5.73 Å². The van der Waals surface area contributed by atoms with Crippen LogP contribution in [0, 0.1) is 0 Å². The van der Waals surface area contributed by atoms with Crippen LogP contribution < -0.4 is 0 Å². The van der Waals surface area contributed by atoms with E-state index in [1.807, 2.05) is 24.3 Å². The zero-order valence-corrected chi connectivity index (χ0v) is 5.02. The van der Waals surface area contributed by atoms with E-state index in [4.69, 9.17) is 11.6 Å². The van der Waals surface area contributed by atoms with Gasteiger partial charge in [-0.1, -0.05) is 23.8 Å². The summed E-state index contributed by atoms with van der Waals surface area (Å²) in [5, 5.41) is 0.718. The molecule has 40 valence electrons. The van der Waals surface area contributed by atoms with Gasteiger partial charge in [0.1, 0.15) is 0 Å². The van der Waals surface area contributed by atoms with Crippen molar-refractivity contribution in [2.75, 3.05) is 0 Å². The number of allylic oxidation sites excluding steroid dienone is 5. The molecule has 0 saturated heterocycles. The van der Waals surface area contributed by atoms with Gasteiger partial charge in [0, 0.05) is 5.03 Å². The standard InChI is InChI=1S/C7H5Cl/c8-7-5-3-1-2-4-6-7/h1-3,5-6H. The largest absolute Gasteiger partial charge is 0.119 e. The van der Waals surface area contributed by atoms with Crippen molar-refractivity contribution < 1.29 is 0 Å². The topological polar surface area (TPSA) is 0 Å². The molecular formula is C7H5Cl. The Hall–Kier alpha value is -0.710. The molecular weight excluding hydrogens is 120 g/mol. The molecule has 0 aromatic rings. The lowest BCUT2D eigenvalue weighted by Gasteiger charge is -1.75. The van der Waals surface area contributed by atoms with Gasteiger partial charge in [-0.25, -0.2) is 0 Å². The number of halogens is 1. The van der Waals surface area contributed by atoms with Crippen molar-refractivity contribution in [1.29, 1.82) is 0 Å². The molecule has 0 atom stereocenters. The molecule has 1 aliphatic carbocycles. The minimum atomic E-state index is 0.718. The van der Waals surface area contributed by atoms with Crippen molar-refractivity contribution in [2.24, 2.45) is 0 Å². The Morgan fingerprint density at radius 1 is 1.38 bits per heavy atom. The second-order valence-corrected chi connectivity index (χ2v) is 1.85. The number of hydrogen-bond acceptors (Lipinski definition) is 0. The van der Waals surface area contributed by atoms with Gasteiger partial charge in [0.2, 0.25) is 0 Å². The molecule has 0 amide bonds. The summed E-state index contributed by atoms with van der Waals surface area (Å²) < 4.78 is 0. The van der Waals surface area contributed by atoms with Gasteiger partial charge < -0.3 is 0 Å². The first kappa shape index (κ1) is 5.43. The van der Waals surface area contributed by atoms with E-state index in [9.17, 15) is 0 Å². The molecule has 0 saturated carbocycles. The van der Waals surface area contributed by atoms with Crippen LogP contribution in [0.15, 0.2) is 41.1 Å². The molecule has 0 nitrogen and oxygen atoms in total. The highest BCUT2D eigenvalue weighted by molar-refractivity contribution is 6.31. The predicted octanol–water partition coefficient (Wildman–Crippen LogP) is 2.39. The van der Waals surface area contributed by atoms with Gasteiger partial charge in [-0.05, 0) is 18.2 Å². The lowest BCUT2D eigenvalue weighted by atomic mass is 10.5. The monoisotopic (exact) mass is 124 g/mol. The van der Waals surface area contributed by atoms with Crippen LogP contribution in [0.5, 0.6) is 0 Å². The molecule has 8 heavy (non-hydrogen) atoms. The van der Waals surface area contributed by atoms with Crippen LogP contribution in [-0.2, 0) is 0 Å². The third-order valence-corrected chi connectivity index (χ3v) is 1.02. The molecule has 0 aromatic heterocycles. The van der Waals surface area contributed by atoms with Gasteiger partial charge in [-0.2, -0.15) is 0 Å². The molecule has 0 fully saturated rings. The fourth-order valence-electron chi connectivity index (χ4n) is 0.434. The van der Waals surface area contributed by atoms with E-state index < -0.39 is 0 Å². The highest BCUT2D eigenvalue weighted by atomic mass is 35.5. The molecule has 0 bridgehead atoms. The molecule has 0 spiro atoms. The normalized spacial score (nSPS) is 15.9. The predicted molar refractivity (Wildman–Crippen MR) is 35.7 cm³/mol. The average molecular weight is 125 g/mol. The second-order valence-electron chi connectivity index (χ2n) is 1.41. The van der Waals surface area contributed by atoms with Crippen molar-refractivity contribution >= 4 is 11.6 Å². The molecule has 1 aliphatic rings. The van der Waals surface area contributed by atoms with Crippen LogP contribution in [0.2, 0.25) is 0 Å². The third-order valence-electron chi connectivity index (χ3n) is 0.780. The first-order chi connectivity index (χ1) is 3.89. The molecule has 1 heteroatoms. The minimum absolute atomic E-state index is 0.718. The smallest absolute Gasteiger partial charge is 0.0483 e. The third kappa shape index (κ3) is 1.42. The van der Waals surface area contributed by atoms with Crippen molar-refractivity contribution in [3.8, 4) is 0 Å². The van der Waals surface area contributed by atoms with E-state index in [1.165, 1.54) is 0 Å². The lowest BCUT2D eigenvalue weighted by molar-refractivity contribution is 1.90. The highest BCUT2D eigenvalue weighted by Gasteiger charge is 1.79. The summed E-state index contributed by atoms with van der Waals surface area (Å²) in [5.74, 6) is 0. The summed E-state index contributed by atoms with van der Waals surface area (Å²) in [6.45, 7) is 0. The quantitative estimate of drug-likeness (QED) is 0.435. The summed E-state index contributed by atoms with van der Waals surface area (Å²) >= 11 is 5.59. The molecule has 0 N–H and O–H groups in total. The van der Waals surface area contributed by atoms with Gasteiger partial charge in [0.05, 0.1) is 0 Å². The maximum absolute atomic E-state index is 5.59. The summed E-state index contributed by atoms with van der Waals surface area (Å²) in [7, 11) is 0. The maximum atomic E-state index is 5.59. The Bertz CT molecular complexity index is 190. The van der Waals surface area contributed by atoms with Gasteiger partial charge >= 0.3 is 0 Å². The van der Waals surface area contributed by atoms with Gasteiger partial charge in [0.25, 0.3) is 0 Å². The lowest BCUT2D eigenvalue weighted by Crippen LogP contribution is -1.53. The van der Waals surface area contributed by atoms with Crippen LogP contribution >= 0.6 is 11.6 Å². The average Bonchev–Trinajstić information content (AvgIpc) is 1.94. The Labute approximate surface area is 53.5 Å².